The molecule has 1 atom stereocenters. The zero-order chi connectivity index (χ0) is 11.9. The van der Waals surface area contributed by atoms with E-state index < -0.39 is 0 Å². The van der Waals surface area contributed by atoms with Crippen molar-refractivity contribution < 1.29 is 0 Å². The fourth-order valence-electron chi connectivity index (χ4n) is 3.33. The minimum Gasteiger partial charge on any atom is -0.292 e. The zero-order valence-electron chi connectivity index (χ0n) is 10.3. The minimum atomic E-state index is 0.574. The van der Waals surface area contributed by atoms with E-state index in [0.29, 0.717) is 5.92 Å². The van der Waals surface area contributed by atoms with Gasteiger partial charge in [-0.1, -0.05) is 42.5 Å². The molecule has 0 aromatic heterocycles. The third-order valence-electron chi connectivity index (χ3n) is 4.16. The number of benzene rings is 2. The molecule has 0 radical (unpaired) electrons. The quantitative estimate of drug-likeness (QED) is 0.661. The number of hydrogen-bond acceptors (Lipinski definition) is 1. The van der Waals surface area contributed by atoms with Gasteiger partial charge in [0.15, 0.2) is 0 Å². The normalized spacial score (nSPS) is 19.9. The van der Waals surface area contributed by atoms with E-state index >= 15 is 0 Å². The van der Waals surface area contributed by atoms with Crippen LogP contribution in [0.3, 0.4) is 0 Å². The Kier molecular flexibility index (Phi) is 2.13. The second kappa shape index (κ2) is 3.81. The molecule has 1 heteroatoms. The first-order valence-electron chi connectivity index (χ1n) is 6.60. The van der Waals surface area contributed by atoms with Gasteiger partial charge >= 0.3 is 0 Å². The van der Waals surface area contributed by atoms with Crippen LogP contribution in [-0.2, 0) is 12.8 Å². The molecule has 1 heterocycles. The first-order chi connectivity index (χ1) is 8.92. The van der Waals surface area contributed by atoms with Crippen LogP contribution in [0.2, 0.25) is 0 Å². The van der Waals surface area contributed by atoms with Crippen LogP contribution in [-0.4, -0.2) is 12.8 Å². The first kappa shape index (κ1) is 10.1. The molecule has 0 amide bonds. The topological polar surface area (TPSA) is 12.4 Å². The van der Waals surface area contributed by atoms with Crippen LogP contribution >= 0.6 is 0 Å². The van der Waals surface area contributed by atoms with Gasteiger partial charge in [-0.3, -0.25) is 4.99 Å². The van der Waals surface area contributed by atoms with E-state index in [9.17, 15) is 0 Å². The van der Waals surface area contributed by atoms with Gasteiger partial charge in [-0.15, -0.1) is 0 Å². The summed E-state index contributed by atoms with van der Waals surface area (Å²) in [7, 11) is 0. The van der Waals surface area contributed by atoms with Gasteiger partial charge in [0, 0.05) is 18.7 Å². The van der Waals surface area contributed by atoms with Crippen molar-refractivity contribution in [2.75, 3.05) is 6.54 Å². The summed E-state index contributed by atoms with van der Waals surface area (Å²) in [6, 6.07) is 15.5. The van der Waals surface area contributed by atoms with Crippen molar-refractivity contribution in [3.8, 4) is 0 Å². The molecule has 0 saturated carbocycles. The Morgan fingerprint density at radius 2 is 1.72 bits per heavy atom. The molecule has 2 aromatic rings. The van der Waals surface area contributed by atoms with E-state index in [1.54, 1.807) is 5.56 Å². The smallest absolute Gasteiger partial charge is 0.0461 e. The number of aliphatic imine (C=N–C) groups is 1. The molecule has 2 aliphatic rings. The molecule has 0 bridgehead atoms. The summed E-state index contributed by atoms with van der Waals surface area (Å²) in [5.41, 5.74) is 7.36. The summed E-state index contributed by atoms with van der Waals surface area (Å²) >= 11 is 0. The second-order valence-corrected chi connectivity index (χ2v) is 5.26. The monoisotopic (exact) mass is 233 g/mol. The molecule has 18 heavy (non-hydrogen) atoms. The third-order valence-corrected chi connectivity index (χ3v) is 4.16. The fraction of sp³-hybridized carbons (Fsp3) is 0.235. The first-order valence-corrected chi connectivity index (χ1v) is 6.60. The van der Waals surface area contributed by atoms with Gasteiger partial charge < -0.3 is 0 Å². The Labute approximate surface area is 107 Å². The van der Waals surface area contributed by atoms with Crippen molar-refractivity contribution in [3.05, 3.63) is 70.3 Å². The van der Waals surface area contributed by atoms with Gasteiger partial charge in [-0.05, 0) is 40.7 Å². The van der Waals surface area contributed by atoms with Gasteiger partial charge in [0.05, 0.1) is 0 Å². The molecule has 1 aliphatic heterocycles. The maximum Gasteiger partial charge on any atom is 0.0461 e. The molecule has 0 saturated heterocycles. The van der Waals surface area contributed by atoms with Gasteiger partial charge in [-0.2, -0.15) is 0 Å². The average Bonchev–Trinajstić information content (AvgIpc) is 2.57. The summed E-state index contributed by atoms with van der Waals surface area (Å²) in [6.45, 7) is 0.943. The van der Waals surface area contributed by atoms with Crippen LogP contribution in [0.15, 0.2) is 47.5 Å². The fourth-order valence-corrected chi connectivity index (χ4v) is 3.33. The predicted molar refractivity (Wildman–Crippen MR) is 74.6 cm³/mol. The van der Waals surface area contributed by atoms with E-state index in [2.05, 4.69) is 47.5 Å². The Bertz CT molecular complexity index is 640. The van der Waals surface area contributed by atoms with Gasteiger partial charge in [-0.25, -0.2) is 0 Å². The van der Waals surface area contributed by atoms with E-state index in [0.717, 1.165) is 19.4 Å². The molecule has 0 fully saturated rings. The maximum absolute atomic E-state index is 4.54. The summed E-state index contributed by atoms with van der Waals surface area (Å²) < 4.78 is 0. The summed E-state index contributed by atoms with van der Waals surface area (Å²) in [5, 5.41) is 0. The molecule has 1 aliphatic carbocycles. The average molecular weight is 233 g/mol. The van der Waals surface area contributed by atoms with Crippen LogP contribution in [0.5, 0.6) is 0 Å². The Morgan fingerprint density at radius 3 is 2.67 bits per heavy atom. The molecule has 88 valence electrons. The number of rotatable bonds is 0. The van der Waals surface area contributed by atoms with Crippen LogP contribution in [0, 0.1) is 0 Å². The Balaban J connectivity index is 1.95. The van der Waals surface area contributed by atoms with Crippen molar-refractivity contribution in [2.24, 2.45) is 4.99 Å². The molecule has 0 unspecified atom stereocenters. The van der Waals surface area contributed by atoms with Gasteiger partial charge in [0.25, 0.3) is 0 Å². The van der Waals surface area contributed by atoms with Crippen LogP contribution in [0.25, 0.3) is 0 Å². The van der Waals surface area contributed by atoms with E-state index in [4.69, 9.17) is 0 Å². The summed E-state index contributed by atoms with van der Waals surface area (Å²) in [4.78, 5) is 4.54. The number of nitrogens with zero attached hydrogens (tertiary/aromatic N) is 1. The highest BCUT2D eigenvalue weighted by atomic mass is 14.7. The highest BCUT2D eigenvalue weighted by molar-refractivity contribution is 5.84. The van der Waals surface area contributed by atoms with E-state index in [1.807, 2.05) is 6.21 Å². The molecular formula is C17H15N. The second-order valence-electron chi connectivity index (χ2n) is 5.26. The van der Waals surface area contributed by atoms with Crippen LogP contribution in [0.4, 0.5) is 0 Å². The minimum absolute atomic E-state index is 0.574. The zero-order valence-corrected chi connectivity index (χ0v) is 10.3. The predicted octanol–water partition coefficient (Wildman–Crippen LogP) is 3.35. The Hall–Kier alpha value is -1.89. The highest BCUT2D eigenvalue weighted by Crippen LogP contribution is 2.35. The van der Waals surface area contributed by atoms with Crippen molar-refractivity contribution in [1.82, 2.24) is 0 Å². The third kappa shape index (κ3) is 1.43. The Morgan fingerprint density at radius 1 is 0.889 bits per heavy atom. The van der Waals surface area contributed by atoms with Crippen molar-refractivity contribution in [3.63, 3.8) is 0 Å². The SMILES string of the molecule is C1=NC[C@H]2Cc3ccccc3Cc3cccc1c32. The highest BCUT2D eigenvalue weighted by Gasteiger charge is 2.25. The lowest BCUT2D eigenvalue weighted by molar-refractivity contribution is 0.689. The summed E-state index contributed by atoms with van der Waals surface area (Å²) in [6.07, 6.45) is 4.26. The molecular weight excluding hydrogens is 218 g/mol. The molecule has 1 nitrogen and oxygen atoms in total. The van der Waals surface area contributed by atoms with Gasteiger partial charge in [0.1, 0.15) is 0 Å². The molecule has 0 N–H and O–H groups in total. The largest absolute Gasteiger partial charge is 0.292 e. The van der Waals surface area contributed by atoms with Crippen molar-refractivity contribution >= 4 is 6.21 Å². The van der Waals surface area contributed by atoms with Gasteiger partial charge in [0.2, 0.25) is 0 Å². The lowest BCUT2D eigenvalue weighted by Gasteiger charge is -2.21. The molecule has 0 spiro atoms. The van der Waals surface area contributed by atoms with E-state index in [1.165, 1.54) is 22.3 Å². The van der Waals surface area contributed by atoms with Crippen LogP contribution < -0.4 is 0 Å². The van der Waals surface area contributed by atoms with E-state index in [-0.39, 0.29) is 0 Å². The van der Waals surface area contributed by atoms with Crippen molar-refractivity contribution in [2.45, 2.75) is 18.8 Å². The van der Waals surface area contributed by atoms with Crippen molar-refractivity contribution in [1.29, 1.82) is 0 Å². The molecule has 2 aromatic carbocycles. The number of hydrogen-bond donors (Lipinski definition) is 0. The summed E-state index contributed by atoms with van der Waals surface area (Å²) in [5.74, 6) is 0.574. The maximum atomic E-state index is 4.54. The standard InChI is InChI=1S/C17H15N/c1-2-5-13-9-16-11-18-10-15-7-3-6-14(17(15)16)8-12(13)4-1/h1-7,10,16H,8-9,11H2/t16-/m1/s1. The molecule has 4 rings (SSSR count). The number of fused-ring (bicyclic) bond motifs is 1. The van der Waals surface area contributed by atoms with Crippen LogP contribution in [0.1, 0.15) is 33.7 Å². The lowest BCUT2D eigenvalue weighted by Crippen LogP contribution is -2.14. The lowest BCUT2D eigenvalue weighted by atomic mass is 9.86.